The number of hydrogen-bond acceptors (Lipinski definition) is 2. The fourth-order valence-electron chi connectivity index (χ4n) is 3.67. The van der Waals surface area contributed by atoms with Crippen molar-refractivity contribution in [3.05, 3.63) is 35.9 Å². The molecule has 23 heavy (non-hydrogen) atoms. The van der Waals surface area contributed by atoms with Crippen LogP contribution in [0.15, 0.2) is 30.3 Å². The molecule has 0 bridgehead atoms. The van der Waals surface area contributed by atoms with Crippen LogP contribution >= 0.6 is 0 Å². The van der Waals surface area contributed by atoms with Crippen LogP contribution in [0.3, 0.4) is 0 Å². The minimum atomic E-state index is -0.927. The summed E-state index contributed by atoms with van der Waals surface area (Å²) in [5, 5.41) is 20.8. The van der Waals surface area contributed by atoms with Gasteiger partial charge in [0.25, 0.3) is 0 Å². The van der Waals surface area contributed by atoms with Gasteiger partial charge in [0.1, 0.15) is 0 Å². The molecular formula is C19H29NO3. The van der Waals surface area contributed by atoms with E-state index in [1.807, 2.05) is 30.3 Å². The molecule has 2 unspecified atom stereocenters. The van der Waals surface area contributed by atoms with E-state index in [1.165, 1.54) is 17.7 Å². The lowest BCUT2D eigenvalue weighted by atomic mass is 9.74. The average molecular weight is 319 g/mol. The Kier molecular flexibility index (Phi) is 6.46. The van der Waals surface area contributed by atoms with Crippen molar-refractivity contribution in [2.24, 2.45) is 5.92 Å². The van der Waals surface area contributed by atoms with Crippen molar-refractivity contribution in [3.8, 4) is 0 Å². The van der Waals surface area contributed by atoms with E-state index in [0.29, 0.717) is 19.5 Å². The summed E-state index contributed by atoms with van der Waals surface area (Å²) >= 11 is 0. The SMILES string of the molecule is CCCCCCC(O)(c1ccccc1)C1CCCN(C(=O)O)C1. The number of carbonyl (C=O) groups is 1. The number of hydrogen-bond donors (Lipinski definition) is 2. The van der Waals surface area contributed by atoms with Crippen LogP contribution in [0.5, 0.6) is 0 Å². The molecule has 1 aromatic rings. The van der Waals surface area contributed by atoms with Gasteiger partial charge in [-0.15, -0.1) is 0 Å². The third kappa shape index (κ3) is 4.47. The van der Waals surface area contributed by atoms with Gasteiger partial charge in [-0.3, -0.25) is 0 Å². The highest BCUT2D eigenvalue weighted by atomic mass is 16.4. The first-order chi connectivity index (χ1) is 11.1. The summed E-state index contributed by atoms with van der Waals surface area (Å²) < 4.78 is 0. The van der Waals surface area contributed by atoms with Gasteiger partial charge in [0.05, 0.1) is 5.60 Å². The molecule has 1 saturated heterocycles. The topological polar surface area (TPSA) is 60.8 Å². The Bertz CT molecular complexity index is 491. The third-order valence-electron chi connectivity index (χ3n) is 5.05. The molecule has 128 valence electrons. The Balaban J connectivity index is 2.17. The van der Waals surface area contributed by atoms with Gasteiger partial charge in [-0.05, 0) is 24.8 Å². The van der Waals surface area contributed by atoms with Gasteiger partial charge in [0, 0.05) is 19.0 Å². The standard InChI is InChI=1S/C19H29NO3/c1-2-3-4-8-13-19(23,16-10-6-5-7-11-16)17-12-9-14-20(15-17)18(21)22/h5-7,10-11,17,23H,2-4,8-9,12-15H2,1H3,(H,21,22). The van der Waals surface area contributed by atoms with Crippen molar-refractivity contribution in [3.63, 3.8) is 0 Å². The van der Waals surface area contributed by atoms with Gasteiger partial charge in [-0.25, -0.2) is 4.79 Å². The molecule has 0 aromatic heterocycles. The smallest absolute Gasteiger partial charge is 0.407 e. The highest BCUT2D eigenvalue weighted by Crippen LogP contribution is 2.39. The molecule has 2 rings (SSSR count). The Morgan fingerprint density at radius 2 is 2.00 bits per heavy atom. The molecular weight excluding hydrogens is 290 g/mol. The van der Waals surface area contributed by atoms with E-state index in [4.69, 9.17) is 0 Å². The molecule has 1 aliphatic heterocycles. The molecule has 4 heteroatoms. The van der Waals surface area contributed by atoms with Crippen LogP contribution in [0.1, 0.15) is 57.4 Å². The van der Waals surface area contributed by atoms with Gasteiger partial charge in [0.2, 0.25) is 0 Å². The first-order valence-electron chi connectivity index (χ1n) is 8.83. The summed E-state index contributed by atoms with van der Waals surface area (Å²) in [6.45, 7) is 3.18. The first-order valence-corrected chi connectivity index (χ1v) is 8.83. The van der Waals surface area contributed by atoms with Crippen LogP contribution in [0.2, 0.25) is 0 Å². The maximum Gasteiger partial charge on any atom is 0.407 e. The van der Waals surface area contributed by atoms with Crippen molar-refractivity contribution in [1.82, 2.24) is 4.90 Å². The Labute approximate surface area is 139 Å². The number of benzene rings is 1. The predicted molar refractivity (Wildman–Crippen MR) is 91.4 cm³/mol. The van der Waals surface area contributed by atoms with Crippen molar-refractivity contribution >= 4 is 6.09 Å². The molecule has 2 N–H and O–H groups in total. The number of unbranched alkanes of at least 4 members (excludes halogenated alkanes) is 3. The lowest BCUT2D eigenvalue weighted by Crippen LogP contribution is -2.47. The largest absolute Gasteiger partial charge is 0.465 e. The van der Waals surface area contributed by atoms with Crippen molar-refractivity contribution < 1.29 is 15.0 Å². The van der Waals surface area contributed by atoms with Gasteiger partial charge in [-0.1, -0.05) is 62.9 Å². The molecule has 0 aliphatic carbocycles. The average Bonchev–Trinajstić information content (AvgIpc) is 2.59. The minimum absolute atomic E-state index is 0.0311. The zero-order valence-corrected chi connectivity index (χ0v) is 14.1. The molecule has 1 aromatic carbocycles. The normalized spacial score (nSPS) is 21.0. The zero-order chi connectivity index (χ0) is 16.7. The van der Waals surface area contributed by atoms with E-state index in [9.17, 15) is 15.0 Å². The summed E-state index contributed by atoms with van der Waals surface area (Å²) in [6, 6.07) is 9.79. The number of aliphatic hydroxyl groups is 1. The highest BCUT2D eigenvalue weighted by molar-refractivity contribution is 5.65. The molecule has 0 spiro atoms. The van der Waals surface area contributed by atoms with Crippen LogP contribution in [-0.4, -0.2) is 34.3 Å². The lowest BCUT2D eigenvalue weighted by Gasteiger charge is -2.42. The van der Waals surface area contributed by atoms with E-state index < -0.39 is 11.7 Å². The predicted octanol–water partition coefficient (Wildman–Crippen LogP) is 4.23. The molecule has 1 aliphatic rings. The summed E-state index contributed by atoms with van der Waals surface area (Å²) in [5.41, 5.74) is -0.00270. The second kappa shape index (κ2) is 8.34. The molecule has 2 atom stereocenters. The van der Waals surface area contributed by atoms with Crippen molar-refractivity contribution in [1.29, 1.82) is 0 Å². The Morgan fingerprint density at radius 3 is 2.65 bits per heavy atom. The van der Waals surface area contributed by atoms with Crippen molar-refractivity contribution in [2.75, 3.05) is 13.1 Å². The van der Waals surface area contributed by atoms with E-state index in [2.05, 4.69) is 6.92 Å². The number of piperidine rings is 1. The molecule has 1 fully saturated rings. The number of rotatable bonds is 7. The number of likely N-dealkylation sites (tertiary alicyclic amines) is 1. The van der Waals surface area contributed by atoms with E-state index in [0.717, 1.165) is 31.2 Å². The zero-order valence-electron chi connectivity index (χ0n) is 14.1. The fourth-order valence-corrected chi connectivity index (χ4v) is 3.67. The highest BCUT2D eigenvalue weighted by Gasteiger charge is 2.40. The van der Waals surface area contributed by atoms with Crippen LogP contribution in [0, 0.1) is 5.92 Å². The number of carboxylic acid groups (broad SMARTS) is 1. The molecule has 4 nitrogen and oxygen atoms in total. The van der Waals surface area contributed by atoms with Crippen LogP contribution in [-0.2, 0) is 5.60 Å². The second-order valence-corrected chi connectivity index (χ2v) is 6.67. The van der Waals surface area contributed by atoms with E-state index in [-0.39, 0.29) is 5.92 Å². The number of amides is 1. The van der Waals surface area contributed by atoms with E-state index >= 15 is 0 Å². The fraction of sp³-hybridized carbons (Fsp3) is 0.632. The summed E-state index contributed by atoms with van der Waals surface area (Å²) in [5.74, 6) is -0.0311. The Hall–Kier alpha value is -1.55. The van der Waals surface area contributed by atoms with Crippen LogP contribution in [0.25, 0.3) is 0 Å². The monoisotopic (exact) mass is 319 g/mol. The van der Waals surface area contributed by atoms with E-state index in [1.54, 1.807) is 0 Å². The van der Waals surface area contributed by atoms with Gasteiger partial charge in [-0.2, -0.15) is 0 Å². The minimum Gasteiger partial charge on any atom is -0.465 e. The van der Waals surface area contributed by atoms with Gasteiger partial charge in [0.15, 0.2) is 0 Å². The summed E-state index contributed by atoms with van der Waals surface area (Å²) in [6.07, 6.45) is 5.95. The molecule has 1 amide bonds. The number of nitrogens with zero attached hydrogens (tertiary/aromatic N) is 1. The van der Waals surface area contributed by atoms with Gasteiger partial charge < -0.3 is 15.1 Å². The lowest BCUT2D eigenvalue weighted by molar-refractivity contribution is -0.0579. The maximum absolute atomic E-state index is 11.5. The Morgan fingerprint density at radius 1 is 1.26 bits per heavy atom. The third-order valence-corrected chi connectivity index (χ3v) is 5.05. The molecule has 0 radical (unpaired) electrons. The summed E-state index contributed by atoms with van der Waals surface area (Å²) in [7, 11) is 0. The molecule has 1 heterocycles. The van der Waals surface area contributed by atoms with Crippen LogP contribution < -0.4 is 0 Å². The second-order valence-electron chi connectivity index (χ2n) is 6.67. The molecule has 0 saturated carbocycles. The quantitative estimate of drug-likeness (QED) is 0.739. The first kappa shape index (κ1) is 17.8. The van der Waals surface area contributed by atoms with Crippen LogP contribution in [0.4, 0.5) is 4.79 Å². The van der Waals surface area contributed by atoms with Gasteiger partial charge >= 0.3 is 6.09 Å². The maximum atomic E-state index is 11.5. The summed E-state index contributed by atoms with van der Waals surface area (Å²) in [4.78, 5) is 12.8. The van der Waals surface area contributed by atoms with Crippen molar-refractivity contribution in [2.45, 2.75) is 57.5 Å².